The van der Waals surface area contributed by atoms with Crippen molar-refractivity contribution in [3.8, 4) is 5.88 Å². The van der Waals surface area contributed by atoms with Crippen molar-refractivity contribution in [3.63, 3.8) is 0 Å². The van der Waals surface area contributed by atoms with E-state index in [0.29, 0.717) is 36.7 Å². The van der Waals surface area contributed by atoms with Crippen molar-refractivity contribution in [1.82, 2.24) is 9.97 Å². The van der Waals surface area contributed by atoms with E-state index in [1.54, 1.807) is 6.07 Å². The zero-order chi connectivity index (χ0) is 13.9. The summed E-state index contributed by atoms with van der Waals surface area (Å²) < 4.78 is 10.9. The summed E-state index contributed by atoms with van der Waals surface area (Å²) in [5.41, 5.74) is 0. The lowest BCUT2D eigenvalue weighted by molar-refractivity contribution is 0.127. The molecule has 1 aromatic heterocycles. The third kappa shape index (κ3) is 7.33. The van der Waals surface area contributed by atoms with Crippen molar-refractivity contribution in [1.29, 1.82) is 0 Å². The highest BCUT2D eigenvalue weighted by Crippen LogP contribution is 2.15. The number of hydrogen-bond donors (Lipinski definition) is 0. The maximum Gasteiger partial charge on any atom is 0.218 e. The fraction of sp³-hybridized carbons (Fsp3) is 0.714. The van der Waals surface area contributed by atoms with Gasteiger partial charge in [-0.3, -0.25) is 0 Å². The number of hydrogen-bond acceptors (Lipinski definition) is 4. The zero-order valence-corrected chi connectivity index (χ0v) is 12.6. The quantitative estimate of drug-likeness (QED) is 0.481. The van der Waals surface area contributed by atoms with Gasteiger partial charge in [-0.2, -0.15) is 4.98 Å². The fourth-order valence-electron chi connectivity index (χ4n) is 1.66. The van der Waals surface area contributed by atoms with E-state index >= 15 is 0 Å². The first-order valence-electron chi connectivity index (χ1n) is 7.00. The van der Waals surface area contributed by atoms with Gasteiger partial charge in [0.1, 0.15) is 11.8 Å². The van der Waals surface area contributed by atoms with Crippen molar-refractivity contribution in [2.75, 3.05) is 13.2 Å². The number of aromatic nitrogens is 2. The van der Waals surface area contributed by atoms with Gasteiger partial charge in [0, 0.05) is 12.7 Å². The molecular weight excluding hydrogens is 264 g/mol. The number of nitrogens with zero attached hydrogens (tertiary/aromatic N) is 2. The molecule has 0 radical (unpaired) electrons. The molecule has 0 unspecified atom stereocenters. The van der Waals surface area contributed by atoms with Crippen LogP contribution >= 0.6 is 11.6 Å². The summed E-state index contributed by atoms with van der Waals surface area (Å²) in [5, 5.41) is 0.394. The zero-order valence-electron chi connectivity index (χ0n) is 11.8. The van der Waals surface area contributed by atoms with Crippen LogP contribution in [0.5, 0.6) is 5.88 Å². The van der Waals surface area contributed by atoms with Crippen LogP contribution in [0.2, 0.25) is 5.15 Å². The molecule has 0 aliphatic rings. The van der Waals surface area contributed by atoms with Crippen molar-refractivity contribution in [2.24, 2.45) is 0 Å². The Morgan fingerprint density at radius 1 is 1.11 bits per heavy atom. The van der Waals surface area contributed by atoms with Crippen molar-refractivity contribution >= 4 is 11.6 Å². The standard InChI is InChI=1S/C14H23ClN2O2/c1-3-5-6-7-8-9-19-14-10-12(15)16-13(17-14)11-18-4-2/h10H,3-9,11H2,1-2H3. The predicted octanol–water partition coefficient (Wildman–Crippen LogP) is 4.02. The number of ether oxygens (including phenoxy) is 2. The molecule has 4 nitrogen and oxygen atoms in total. The first kappa shape index (κ1) is 16.2. The van der Waals surface area contributed by atoms with E-state index in [1.165, 1.54) is 25.7 Å². The second-order valence-electron chi connectivity index (χ2n) is 4.34. The van der Waals surface area contributed by atoms with E-state index in [9.17, 15) is 0 Å². The Balaban J connectivity index is 2.34. The maximum absolute atomic E-state index is 5.92. The molecule has 0 aromatic carbocycles. The Morgan fingerprint density at radius 3 is 2.63 bits per heavy atom. The van der Waals surface area contributed by atoms with Crippen LogP contribution in [0.4, 0.5) is 0 Å². The molecular formula is C14H23ClN2O2. The molecule has 108 valence electrons. The Hall–Kier alpha value is -0.870. The molecule has 0 saturated heterocycles. The molecule has 0 N–H and O–H groups in total. The monoisotopic (exact) mass is 286 g/mol. The Morgan fingerprint density at radius 2 is 1.89 bits per heavy atom. The molecule has 1 aromatic rings. The van der Waals surface area contributed by atoms with Crippen LogP contribution in [0.15, 0.2) is 6.07 Å². The average molecular weight is 287 g/mol. The Kier molecular flexibility index (Phi) is 8.50. The van der Waals surface area contributed by atoms with Gasteiger partial charge in [-0.25, -0.2) is 4.98 Å². The van der Waals surface area contributed by atoms with E-state index in [-0.39, 0.29) is 0 Å². The van der Waals surface area contributed by atoms with Crippen LogP contribution in [-0.2, 0) is 11.3 Å². The topological polar surface area (TPSA) is 44.2 Å². The van der Waals surface area contributed by atoms with Gasteiger partial charge in [-0.15, -0.1) is 0 Å². The average Bonchev–Trinajstić information content (AvgIpc) is 2.40. The van der Waals surface area contributed by atoms with Crippen molar-refractivity contribution in [3.05, 3.63) is 17.0 Å². The lowest BCUT2D eigenvalue weighted by atomic mass is 10.2. The van der Waals surface area contributed by atoms with Crippen LogP contribution < -0.4 is 4.74 Å². The van der Waals surface area contributed by atoms with Gasteiger partial charge in [0.2, 0.25) is 5.88 Å². The minimum absolute atomic E-state index is 0.365. The van der Waals surface area contributed by atoms with Crippen LogP contribution in [0, 0.1) is 0 Å². The summed E-state index contributed by atoms with van der Waals surface area (Å²) in [5.74, 6) is 1.10. The molecule has 0 bridgehead atoms. The highest BCUT2D eigenvalue weighted by atomic mass is 35.5. The van der Waals surface area contributed by atoms with E-state index in [2.05, 4.69) is 16.9 Å². The van der Waals surface area contributed by atoms with Crippen LogP contribution in [0.1, 0.15) is 51.8 Å². The fourth-order valence-corrected chi connectivity index (χ4v) is 1.85. The van der Waals surface area contributed by atoms with Gasteiger partial charge in [0.15, 0.2) is 5.82 Å². The molecule has 0 saturated carbocycles. The molecule has 0 spiro atoms. The van der Waals surface area contributed by atoms with Crippen molar-refractivity contribution < 1.29 is 9.47 Å². The summed E-state index contributed by atoms with van der Waals surface area (Å²) in [6, 6.07) is 1.64. The summed E-state index contributed by atoms with van der Waals surface area (Å²) >= 11 is 5.92. The first-order chi connectivity index (χ1) is 9.26. The SMILES string of the molecule is CCCCCCCOc1cc(Cl)nc(COCC)n1. The maximum atomic E-state index is 5.92. The lowest BCUT2D eigenvalue weighted by Gasteiger charge is -2.07. The minimum Gasteiger partial charge on any atom is -0.478 e. The molecule has 0 fully saturated rings. The highest BCUT2D eigenvalue weighted by Gasteiger charge is 2.04. The molecule has 0 atom stereocenters. The Labute approximate surface area is 120 Å². The second kappa shape index (κ2) is 9.98. The second-order valence-corrected chi connectivity index (χ2v) is 4.73. The van der Waals surface area contributed by atoms with Gasteiger partial charge >= 0.3 is 0 Å². The van der Waals surface area contributed by atoms with E-state index in [4.69, 9.17) is 21.1 Å². The van der Waals surface area contributed by atoms with Gasteiger partial charge in [-0.1, -0.05) is 44.2 Å². The largest absolute Gasteiger partial charge is 0.478 e. The van der Waals surface area contributed by atoms with Crippen LogP contribution in [0.3, 0.4) is 0 Å². The van der Waals surface area contributed by atoms with Crippen LogP contribution in [0.25, 0.3) is 0 Å². The lowest BCUT2D eigenvalue weighted by Crippen LogP contribution is -2.04. The number of unbranched alkanes of at least 4 members (excludes halogenated alkanes) is 4. The summed E-state index contributed by atoms with van der Waals surface area (Å²) in [6.45, 7) is 5.80. The molecule has 0 amide bonds. The predicted molar refractivity (Wildman–Crippen MR) is 76.6 cm³/mol. The summed E-state index contributed by atoms with van der Waals surface area (Å²) in [4.78, 5) is 8.35. The van der Waals surface area contributed by atoms with Gasteiger partial charge < -0.3 is 9.47 Å². The normalized spacial score (nSPS) is 10.7. The molecule has 1 heterocycles. The summed E-state index contributed by atoms with van der Waals surface area (Å²) in [6.07, 6.45) is 6.04. The first-order valence-corrected chi connectivity index (χ1v) is 7.38. The van der Waals surface area contributed by atoms with E-state index in [1.807, 2.05) is 6.92 Å². The summed E-state index contributed by atoms with van der Waals surface area (Å²) in [7, 11) is 0. The van der Waals surface area contributed by atoms with Gasteiger partial charge in [-0.05, 0) is 13.3 Å². The van der Waals surface area contributed by atoms with Gasteiger partial charge in [0.05, 0.1) is 6.61 Å². The molecule has 1 rings (SSSR count). The molecule has 0 aliphatic carbocycles. The molecule has 0 aliphatic heterocycles. The van der Waals surface area contributed by atoms with Gasteiger partial charge in [0.25, 0.3) is 0 Å². The molecule has 19 heavy (non-hydrogen) atoms. The van der Waals surface area contributed by atoms with Crippen LogP contribution in [-0.4, -0.2) is 23.2 Å². The van der Waals surface area contributed by atoms with Crippen molar-refractivity contribution in [2.45, 2.75) is 52.6 Å². The Bertz CT molecular complexity index is 361. The highest BCUT2D eigenvalue weighted by molar-refractivity contribution is 6.29. The minimum atomic E-state index is 0.365. The molecule has 5 heteroatoms. The third-order valence-corrected chi connectivity index (χ3v) is 2.84. The number of rotatable bonds is 10. The van der Waals surface area contributed by atoms with E-state index < -0.39 is 0 Å². The van der Waals surface area contributed by atoms with E-state index in [0.717, 1.165) is 6.42 Å². The smallest absolute Gasteiger partial charge is 0.218 e. The third-order valence-electron chi connectivity index (χ3n) is 2.65. The number of halogens is 1.